The number of piperazine rings is 1. The first-order valence-corrected chi connectivity index (χ1v) is 11.6. The third-order valence-electron chi connectivity index (χ3n) is 6.37. The molecule has 1 aliphatic rings. The zero-order chi connectivity index (χ0) is 24.8. The van der Waals surface area contributed by atoms with E-state index >= 15 is 0 Å². The van der Waals surface area contributed by atoms with Crippen molar-refractivity contribution < 1.29 is 28.2 Å². The third-order valence-corrected chi connectivity index (χ3v) is 6.37. The number of aromatic nitrogens is 1. The van der Waals surface area contributed by atoms with E-state index in [9.17, 15) is 18.7 Å². The van der Waals surface area contributed by atoms with Gasteiger partial charge in [-0.1, -0.05) is 12.1 Å². The molecule has 35 heavy (non-hydrogen) atoms. The van der Waals surface area contributed by atoms with E-state index in [1.54, 1.807) is 43.5 Å². The van der Waals surface area contributed by atoms with Crippen LogP contribution in [0.4, 0.5) is 8.78 Å². The lowest BCUT2D eigenvalue weighted by Crippen LogP contribution is -2.57. The van der Waals surface area contributed by atoms with Crippen LogP contribution in [-0.2, 0) is 11.2 Å². The largest absolute Gasteiger partial charge is 0.497 e. The Bertz CT molecular complexity index is 1180. The van der Waals surface area contributed by atoms with Gasteiger partial charge in [-0.25, -0.2) is 8.78 Å². The summed E-state index contributed by atoms with van der Waals surface area (Å²) in [7, 11) is 1.56. The summed E-state index contributed by atoms with van der Waals surface area (Å²) in [6, 6.07) is 10.9. The number of carbonyl (C=O) groups is 1. The van der Waals surface area contributed by atoms with Gasteiger partial charge in [0.05, 0.1) is 18.8 Å². The fourth-order valence-electron chi connectivity index (χ4n) is 4.47. The number of hydrogen-bond acceptors (Lipinski definition) is 6. The Morgan fingerprint density at radius 3 is 2.74 bits per heavy atom. The van der Waals surface area contributed by atoms with Crippen molar-refractivity contribution in [1.82, 2.24) is 14.8 Å². The first kappa shape index (κ1) is 24.8. The molecule has 186 valence electrons. The Hall–Kier alpha value is -3.30. The Morgan fingerprint density at radius 1 is 1.14 bits per heavy atom. The number of benzene rings is 2. The number of carboxylic acid groups (broad SMARTS) is 1. The summed E-state index contributed by atoms with van der Waals surface area (Å²) in [5.74, 6) is -0.866. The first-order valence-electron chi connectivity index (χ1n) is 11.6. The summed E-state index contributed by atoms with van der Waals surface area (Å²) in [6.45, 7) is 2.90. The van der Waals surface area contributed by atoms with Crippen molar-refractivity contribution in [3.8, 4) is 11.5 Å². The van der Waals surface area contributed by atoms with E-state index < -0.39 is 17.8 Å². The van der Waals surface area contributed by atoms with Gasteiger partial charge in [0.15, 0.2) is 11.6 Å². The molecular formula is C26H29F2N3O4. The molecule has 1 aliphatic heterocycles. The summed E-state index contributed by atoms with van der Waals surface area (Å²) in [4.78, 5) is 20.0. The molecule has 4 rings (SSSR count). The van der Waals surface area contributed by atoms with Crippen LogP contribution >= 0.6 is 0 Å². The molecule has 0 spiro atoms. The molecule has 1 aromatic heterocycles. The van der Waals surface area contributed by atoms with Gasteiger partial charge in [-0.2, -0.15) is 0 Å². The van der Waals surface area contributed by atoms with E-state index in [0.29, 0.717) is 67.8 Å². The lowest BCUT2D eigenvalue weighted by atomic mass is 10.0. The minimum absolute atomic E-state index is 0.189. The quantitative estimate of drug-likeness (QED) is 0.470. The van der Waals surface area contributed by atoms with Gasteiger partial charge in [-0.15, -0.1) is 0 Å². The molecule has 0 radical (unpaired) electrons. The van der Waals surface area contributed by atoms with Crippen LogP contribution in [0.5, 0.6) is 11.5 Å². The van der Waals surface area contributed by atoms with Crippen LogP contribution in [0.15, 0.2) is 48.7 Å². The predicted molar refractivity (Wildman–Crippen MR) is 128 cm³/mol. The van der Waals surface area contributed by atoms with Crippen LogP contribution in [-0.4, -0.2) is 78.3 Å². The second-order valence-corrected chi connectivity index (χ2v) is 8.54. The van der Waals surface area contributed by atoms with Gasteiger partial charge in [0, 0.05) is 31.6 Å². The fourth-order valence-corrected chi connectivity index (χ4v) is 4.47. The number of para-hydroxylation sites is 1. The van der Waals surface area contributed by atoms with E-state index in [0.717, 1.165) is 0 Å². The van der Waals surface area contributed by atoms with Crippen LogP contribution in [0, 0.1) is 11.6 Å². The number of nitrogens with zero attached hydrogens (tertiary/aromatic N) is 3. The number of aryl methyl sites for hydroxylation is 1. The molecule has 3 aromatic rings. The summed E-state index contributed by atoms with van der Waals surface area (Å²) in [6.07, 6.45) is 2.29. The Morgan fingerprint density at radius 2 is 1.97 bits per heavy atom. The minimum atomic E-state index is -0.894. The average Bonchev–Trinajstić information content (AvgIpc) is 2.86. The van der Waals surface area contributed by atoms with Crippen molar-refractivity contribution in [2.45, 2.75) is 18.9 Å². The molecule has 1 saturated heterocycles. The molecule has 2 aromatic carbocycles. The van der Waals surface area contributed by atoms with Crippen LogP contribution in [0.25, 0.3) is 10.9 Å². The highest BCUT2D eigenvalue weighted by Crippen LogP contribution is 2.26. The van der Waals surface area contributed by atoms with Crippen molar-refractivity contribution in [2.75, 3.05) is 46.4 Å². The van der Waals surface area contributed by atoms with Crippen LogP contribution < -0.4 is 9.47 Å². The minimum Gasteiger partial charge on any atom is -0.497 e. The zero-order valence-corrected chi connectivity index (χ0v) is 19.6. The van der Waals surface area contributed by atoms with Gasteiger partial charge >= 0.3 is 5.97 Å². The number of hydrogen-bond donors (Lipinski definition) is 1. The van der Waals surface area contributed by atoms with Crippen molar-refractivity contribution in [3.63, 3.8) is 0 Å². The highest BCUT2D eigenvalue weighted by molar-refractivity contribution is 5.83. The molecule has 0 saturated carbocycles. The van der Waals surface area contributed by atoms with E-state index in [1.807, 2.05) is 9.80 Å². The van der Waals surface area contributed by atoms with Crippen LogP contribution in [0.3, 0.4) is 0 Å². The van der Waals surface area contributed by atoms with E-state index in [1.165, 1.54) is 12.3 Å². The molecule has 1 fully saturated rings. The molecule has 1 N–H and O–H groups in total. The molecule has 0 aliphatic carbocycles. The van der Waals surface area contributed by atoms with Gasteiger partial charge in [0.1, 0.15) is 24.2 Å². The Kier molecular flexibility index (Phi) is 8.09. The van der Waals surface area contributed by atoms with Crippen molar-refractivity contribution in [2.24, 2.45) is 0 Å². The van der Waals surface area contributed by atoms with Gasteiger partial charge in [0.25, 0.3) is 0 Å². The maximum atomic E-state index is 14.6. The van der Waals surface area contributed by atoms with Crippen molar-refractivity contribution >= 4 is 16.9 Å². The molecular weight excluding hydrogens is 456 g/mol. The average molecular weight is 486 g/mol. The number of rotatable bonds is 10. The second-order valence-electron chi connectivity index (χ2n) is 8.54. The van der Waals surface area contributed by atoms with E-state index in [-0.39, 0.29) is 18.2 Å². The van der Waals surface area contributed by atoms with E-state index in [4.69, 9.17) is 9.47 Å². The van der Waals surface area contributed by atoms with Crippen molar-refractivity contribution in [1.29, 1.82) is 0 Å². The zero-order valence-electron chi connectivity index (χ0n) is 19.6. The number of pyridine rings is 1. The monoisotopic (exact) mass is 485 g/mol. The summed E-state index contributed by atoms with van der Waals surface area (Å²) >= 11 is 0. The number of fused-ring (bicyclic) bond motifs is 1. The van der Waals surface area contributed by atoms with E-state index in [2.05, 4.69) is 4.98 Å². The Labute approximate surface area is 202 Å². The molecule has 2 heterocycles. The third kappa shape index (κ3) is 6.04. The number of halogens is 2. The van der Waals surface area contributed by atoms with Gasteiger partial charge in [-0.05, 0) is 55.3 Å². The Balaban J connectivity index is 1.33. The summed E-state index contributed by atoms with van der Waals surface area (Å²) in [5.41, 5.74) is 1.25. The highest BCUT2D eigenvalue weighted by atomic mass is 19.1. The van der Waals surface area contributed by atoms with Gasteiger partial charge in [-0.3, -0.25) is 19.6 Å². The van der Waals surface area contributed by atoms with Crippen LogP contribution in [0.1, 0.15) is 12.0 Å². The molecule has 7 nitrogen and oxygen atoms in total. The SMILES string of the molecule is COc1ccc2ncc(F)c(CCCN3CCN(CCOc4ccccc4F)C[C@@H]3C(=O)O)c2c1. The number of aliphatic carboxylic acids is 1. The predicted octanol–water partition coefficient (Wildman–Crippen LogP) is 3.60. The topological polar surface area (TPSA) is 75.1 Å². The molecule has 1 atom stereocenters. The lowest BCUT2D eigenvalue weighted by Gasteiger charge is -2.39. The first-order chi connectivity index (χ1) is 17.0. The smallest absolute Gasteiger partial charge is 0.322 e. The second kappa shape index (κ2) is 11.4. The molecule has 9 heteroatoms. The lowest BCUT2D eigenvalue weighted by molar-refractivity contribution is -0.146. The standard InChI is InChI=1S/C26H29F2N3O4/c1-34-18-8-9-23-20(15-18)19(22(28)16-29-23)5-4-10-31-12-11-30(17-24(31)26(32)33)13-14-35-25-7-3-2-6-21(25)27/h2-3,6-9,15-16,24H,4-5,10-14,17H2,1H3,(H,32,33)/t24-/m1/s1. The number of carboxylic acids is 1. The maximum absolute atomic E-state index is 14.6. The van der Waals surface area contributed by atoms with Gasteiger partial charge in [0.2, 0.25) is 0 Å². The number of methoxy groups -OCH3 is 1. The highest BCUT2D eigenvalue weighted by Gasteiger charge is 2.31. The van der Waals surface area contributed by atoms with Gasteiger partial charge < -0.3 is 14.6 Å². The van der Waals surface area contributed by atoms with Crippen LogP contribution in [0.2, 0.25) is 0 Å². The molecule has 0 amide bonds. The number of ether oxygens (including phenoxy) is 2. The molecule has 0 unspecified atom stereocenters. The van der Waals surface area contributed by atoms with Crippen molar-refractivity contribution in [3.05, 3.63) is 65.9 Å². The maximum Gasteiger partial charge on any atom is 0.322 e. The fraction of sp³-hybridized carbons (Fsp3) is 0.385. The normalized spacial score (nSPS) is 16.9. The summed E-state index contributed by atoms with van der Waals surface area (Å²) < 4.78 is 39.1. The summed E-state index contributed by atoms with van der Waals surface area (Å²) in [5, 5.41) is 10.5. The molecule has 0 bridgehead atoms.